The quantitative estimate of drug-likeness (QED) is 0.874. The van der Waals surface area contributed by atoms with Crippen molar-refractivity contribution < 1.29 is 14.6 Å². The summed E-state index contributed by atoms with van der Waals surface area (Å²) in [5, 5.41) is 12.0. The van der Waals surface area contributed by atoms with Gasteiger partial charge in [0.15, 0.2) is 0 Å². The van der Waals surface area contributed by atoms with E-state index in [4.69, 9.17) is 4.74 Å². The molecule has 1 atom stereocenters. The molecule has 1 saturated heterocycles. The maximum absolute atomic E-state index is 12.2. The zero-order valence-corrected chi connectivity index (χ0v) is 12.9. The van der Waals surface area contributed by atoms with E-state index < -0.39 is 6.10 Å². The van der Waals surface area contributed by atoms with Crippen LogP contribution in [0.3, 0.4) is 0 Å². The summed E-state index contributed by atoms with van der Waals surface area (Å²) in [6, 6.07) is 1.94. The summed E-state index contributed by atoms with van der Waals surface area (Å²) in [5.74, 6) is -0.0153. The van der Waals surface area contributed by atoms with Gasteiger partial charge in [0.2, 0.25) is 0 Å². The van der Waals surface area contributed by atoms with Crippen molar-refractivity contribution in [3.8, 4) is 0 Å². The lowest BCUT2D eigenvalue weighted by atomic mass is 10.2. The number of carbonyl (C=O) groups excluding carboxylic acids is 1. The topological polar surface area (TPSA) is 53.0 Å². The molecule has 1 N–H and O–H groups in total. The summed E-state index contributed by atoms with van der Waals surface area (Å²) in [4.78, 5) is 16.8. The fraction of sp³-hybridized carbons (Fsp3) is 0.643. The Morgan fingerprint density at radius 3 is 2.85 bits per heavy atom. The van der Waals surface area contributed by atoms with Crippen molar-refractivity contribution in [1.82, 2.24) is 9.80 Å². The normalized spacial score (nSPS) is 17.9. The van der Waals surface area contributed by atoms with Crippen LogP contribution in [0, 0.1) is 6.92 Å². The van der Waals surface area contributed by atoms with E-state index in [0.29, 0.717) is 13.1 Å². The Hall–Kier alpha value is -0.950. The maximum Gasteiger partial charge on any atom is 0.264 e. The van der Waals surface area contributed by atoms with Gasteiger partial charge in [-0.2, -0.15) is 0 Å². The van der Waals surface area contributed by atoms with Crippen molar-refractivity contribution in [2.24, 2.45) is 0 Å². The number of nitrogens with zero attached hydrogens (tertiary/aromatic N) is 2. The standard InChI is InChI=1S/C14H22N2O3S/c1-11-3-8-20-13(11)14(18)15(2)9-12(17)10-16-4-6-19-7-5-16/h3,8,12,17H,4-7,9-10H2,1-2H3. The Kier molecular flexibility index (Phi) is 5.54. The number of rotatable bonds is 5. The zero-order valence-electron chi connectivity index (χ0n) is 12.0. The lowest BCUT2D eigenvalue weighted by Crippen LogP contribution is -2.45. The molecular formula is C14H22N2O3S. The molecular weight excluding hydrogens is 276 g/mol. The van der Waals surface area contributed by atoms with Crippen molar-refractivity contribution in [2.45, 2.75) is 13.0 Å². The van der Waals surface area contributed by atoms with E-state index in [1.807, 2.05) is 18.4 Å². The van der Waals surface area contributed by atoms with Crippen LogP contribution in [0.5, 0.6) is 0 Å². The molecule has 1 fully saturated rings. The fourth-order valence-electron chi connectivity index (χ4n) is 2.30. The highest BCUT2D eigenvalue weighted by Crippen LogP contribution is 2.17. The van der Waals surface area contributed by atoms with Crippen LogP contribution in [0.15, 0.2) is 11.4 Å². The van der Waals surface area contributed by atoms with Crippen LogP contribution in [0.2, 0.25) is 0 Å². The number of aryl methyl sites for hydroxylation is 1. The Bertz CT molecular complexity index is 443. The summed E-state index contributed by atoms with van der Waals surface area (Å²) in [6.45, 7) is 6.00. The van der Waals surface area contributed by atoms with Gasteiger partial charge in [-0.3, -0.25) is 9.69 Å². The maximum atomic E-state index is 12.2. The molecule has 5 nitrogen and oxygen atoms in total. The van der Waals surface area contributed by atoms with E-state index in [2.05, 4.69) is 4.90 Å². The predicted octanol–water partition coefficient (Wildman–Crippen LogP) is 0.822. The molecule has 6 heteroatoms. The van der Waals surface area contributed by atoms with Gasteiger partial charge < -0.3 is 14.7 Å². The average Bonchev–Trinajstić information content (AvgIpc) is 2.85. The van der Waals surface area contributed by atoms with Crippen LogP contribution < -0.4 is 0 Å². The average molecular weight is 298 g/mol. The number of ether oxygens (including phenoxy) is 1. The molecule has 2 rings (SSSR count). The van der Waals surface area contributed by atoms with Gasteiger partial charge in [-0.15, -0.1) is 11.3 Å². The third-order valence-corrected chi connectivity index (χ3v) is 4.46. The Balaban J connectivity index is 1.82. The minimum absolute atomic E-state index is 0.0153. The van der Waals surface area contributed by atoms with Crippen LogP contribution in [-0.4, -0.2) is 73.4 Å². The number of aliphatic hydroxyl groups excluding tert-OH is 1. The first kappa shape index (κ1) is 15.4. The molecule has 1 aliphatic heterocycles. The zero-order chi connectivity index (χ0) is 14.5. The van der Waals surface area contributed by atoms with Gasteiger partial charge in [-0.1, -0.05) is 0 Å². The minimum atomic E-state index is -0.526. The van der Waals surface area contributed by atoms with Crippen LogP contribution in [0.4, 0.5) is 0 Å². The van der Waals surface area contributed by atoms with Crippen LogP contribution in [0.25, 0.3) is 0 Å². The van der Waals surface area contributed by atoms with Crippen molar-refractivity contribution in [3.63, 3.8) is 0 Å². The van der Waals surface area contributed by atoms with Gasteiger partial charge in [0.05, 0.1) is 24.2 Å². The molecule has 1 amide bonds. The number of hydrogen-bond acceptors (Lipinski definition) is 5. The molecule has 0 aliphatic carbocycles. The molecule has 112 valence electrons. The highest BCUT2D eigenvalue weighted by Gasteiger charge is 2.20. The predicted molar refractivity (Wildman–Crippen MR) is 79.3 cm³/mol. The molecule has 0 saturated carbocycles. The molecule has 20 heavy (non-hydrogen) atoms. The molecule has 0 spiro atoms. The Morgan fingerprint density at radius 2 is 2.25 bits per heavy atom. The summed E-state index contributed by atoms with van der Waals surface area (Å²) < 4.78 is 5.28. The summed E-state index contributed by atoms with van der Waals surface area (Å²) in [5.41, 5.74) is 0.995. The second kappa shape index (κ2) is 7.17. The van der Waals surface area contributed by atoms with Gasteiger partial charge in [0, 0.05) is 33.2 Å². The largest absolute Gasteiger partial charge is 0.390 e. The number of morpholine rings is 1. The molecule has 1 unspecified atom stereocenters. The third-order valence-electron chi connectivity index (χ3n) is 3.46. The van der Waals surface area contributed by atoms with E-state index in [1.54, 1.807) is 11.9 Å². The molecule has 1 aromatic rings. The summed E-state index contributed by atoms with van der Waals surface area (Å²) in [7, 11) is 1.74. The summed E-state index contributed by atoms with van der Waals surface area (Å²) in [6.07, 6.45) is -0.526. The Labute approximate surface area is 123 Å². The number of hydrogen-bond donors (Lipinski definition) is 1. The molecule has 0 bridgehead atoms. The molecule has 1 aliphatic rings. The van der Waals surface area contributed by atoms with Crippen molar-refractivity contribution in [3.05, 3.63) is 21.9 Å². The van der Waals surface area contributed by atoms with E-state index in [9.17, 15) is 9.90 Å². The molecule has 2 heterocycles. The second-order valence-electron chi connectivity index (χ2n) is 5.19. The van der Waals surface area contributed by atoms with Crippen LogP contribution in [0.1, 0.15) is 15.2 Å². The first-order valence-corrected chi connectivity index (χ1v) is 7.73. The fourth-order valence-corrected chi connectivity index (χ4v) is 3.22. The monoisotopic (exact) mass is 298 g/mol. The molecule has 0 radical (unpaired) electrons. The van der Waals surface area contributed by atoms with E-state index in [-0.39, 0.29) is 5.91 Å². The molecule has 0 aromatic carbocycles. The first-order valence-electron chi connectivity index (χ1n) is 6.85. The van der Waals surface area contributed by atoms with Gasteiger partial charge in [-0.25, -0.2) is 0 Å². The van der Waals surface area contributed by atoms with Crippen molar-refractivity contribution in [1.29, 1.82) is 0 Å². The smallest absolute Gasteiger partial charge is 0.264 e. The highest BCUT2D eigenvalue weighted by atomic mass is 32.1. The highest BCUT2D eigenvalue weighted by molar-refractivity contribution is 7.12. The van der Waals surface area contributed by atoms with Gasteiger partial charge >= 0.3 is 0 Å². The first-order chi connectivity index (χ1) is 9.58. The SMILES string of the molecule is Cc1ccsc1C(=O)N(C)CC(O)CN1CCOCC1. The Morgan fingerprint density at radius 1 is 1.55 bits per heavy atom. The number of amides is 1. The van der Waals surface area contributed by atoms with Gasteiger partial charge in [0.25, 0.3) is 5.91 Å². The summed E-state index contributed by atoms with van der Waals surface area (Å²) >= 11 is 1.45. The lowest BCUT2D eigenvalue weighted by Gasteiger charge is -2.30. The van der Waals surface area contributed by atoms with Crippen molar-refractivity contribution in [2.75, 3.05) is 46.4 Å². The van der Waals surface area contributed by atoms with E-state index in [1.165, 1.54) is 11.3 Å². The number of carbonyl (C=O) groups is 1. The number of aliphatic hydroxyl groups is 1. The van der Waals surface area contributed by atoms with Gasteiger partial charge in [-0.05, 0) is 23.9 Å². The molecule has 1 aromatic heterocycles. The number of likely N-dealkylation sites (N-methyl/N-ethyl adjacent to an activating group) is 1. The van der Waals surface area contributed by atoms with E-state index >= 15 is 0 Å². The van der Waals surface area contributed by atoms with Crippen LogP contribution >= 0.6 is 11.3 Å². The minimum Gasteiger partial charge on any atom is -0.390 e. The second-order valence-corrected chi connectivity index (χ2v) is 6.10. The third kappa shape index (κ3) is 4.02. The van der Waals surface area contributed by atoms with Crippen LogP contribution in [-0.2, 0) is 4.74 Å². The number of β-amino-alcohol motifs (C(OH)–C–C–N with tert-alkyl or cyclic N) is 1. The van der Waals surface area contributed by atoms with E-state index in [0.717, 1.165) is 36.7 Å². The van der Waals surface area contributed by atoms with Gasteiger partial charge in [0.1, 0.15) is 0 Å². The lowest BCUT2D eigenvalue weighted by molar-refractivity contribution is 0.00882. The van der Waals surface area contributed by atoms with Crippen molar-refractivity contribution >= 4 is 17.2 Å². The number of thiophene rings is 1.